The van der Waals surface area contributed by atoms with E-state index < -0.39 is 0 Å². The Balaban J connectivity index is 2.34. The van der Waals surface area contributed by atoms with Crippen LogP contribution in [0.4, 0.5) is 0 Å². The van der Waals surface area contributed by atoms with E-state index in [2.05, 4.69) is 38.3 Å². The van der Waals surface area contributed by atoms with Crippen molar-refractivity contribution in [3.05, 3.63) is 28.4 Å². The first-order valence-corrected chi connectivity index (χ1v) is 5.43. The molecule has 0 unspecified atom stereocenters. The summed E-state index contributed by atoms with van der Waals surface area (Å²) >= 11 is 3.43. The molecule has 0 aliphatic carbocycles. The van der Waals surface area contributed by atoms with Gasteiger partial charge in [0.25, 0.3) is 0 Å². The first-order chi connectivity index (χ1) is 6.81. The molecule has 1 aromatic heterocycles. The lowest BCUT2D eigenvalue weighted by molar-refractivity contribution is 0.833. The van der Waals surface area contributed by atoms with Gasteiger partial charge >= 0.3 is 0 Å². The number of fused-ring (bicyclic) bond motifs is 1. The summed E-state index contributed by atoms with van der Waals surface area (Å²) in [5.41, 5.74) is 7.78. The van der Waals surface area contributed by atoms with Crippen molar-refractivity contribution in [1.29, 1.82) is 0 Å². The molecule has 0 aliphatic heterocycles. The largest absolute Gasteiger partial charge is 0.330 e. The number of aromatic nitrogens is 2. The molecule has 2 aromatic rings. The third-order valence-electron chi connectivity index (χ3n) is 2.24. The maximum absolute atomic E-state index is 5.47. The molecular weight excluding hydrogens is 242 g/mol. The first kappa shape index (κ1) is 9.68. The van der Waals surface area contributed by atoms with Crippen molar-refractivity contribution >= 4 is 26.8 Å². The van der Waals surface area contributed by atoms with Gasteiger partial charge in [-0.1, -0.05) is 6.07 Å². The zero-order valence-corrected chi connectivity index (χ0v) is 9.34. The number of rotatable bonds is 3. The van der Waals surface area contributed by atoms with Crippen LogP contribution >= 0.6 is 15.9 Å². The highest BCUT2D eigenvalue weighted by Crippen LogP contribution is 2.22. The fourth-order valence-corrected chi connectivity index (χ4v) is 1.89. The van der Waals surface area contributed by atoms with Gasteiger partial charge in [0.1, 0.15) is 4.60 Å². The Morgan fingerprint density at radius 1 is 1.43 bits per heavy atom. The van der Waals surface area contributed by atoms with E-state index >= 15 is 0 Å². The molecule has 14 heavy (non-hydrogen) atoms. The van der Waals surface area contributed by atoms with E-state index in [0.29, 0.717) is 0 Å². The van der Waals surface area contributed by atoms with Gasteiger partial charge in [0, 0.05) is 5.39 Å². The minimum atomic E-state index is 0.741. The molecule has 3 N–H and O–H groups in total. The lowest BCUT2D eigenvalue weighted by atomic mass is 10.1. The molecule has 4 heteroatoms. The maximum atomic E-state index is 5.47. The highest BCUT2D eigenvalue weighted by atomic mass is 79.9. The number of hydrogen-bond acceptors (Lipinski definition) is 2. The molecule has 0 fully saturated rings. The Bertz CT molecular complexity index is 436. The number of hydrogen-bond donors (Lipinski definition) is 2. The summed E-state index contributed by atoms with van der Waals surface area (Å²) in [5.74, 6) is 0. The fourth-order valence-electron chi connectivity index (χ4n) is 1.49. The van der Waals surface area contributed by atoms with Crippen molar-refractivity contribution in [1.82, 2.24) is 10.2 Å². The highest BCUT2D eigenvalue weighted by Gasteiger charge is 2.02. The van der Waals surface area contributed by atoms with Gasteiger partial charge in [-0.05, 0) is 53.0 Å². The summed E-state index contributed by atoms with van der Waals surface area (Å²) < 4.78 is 0.946. The Labute approximate surface area is 90.8 Å². The monoisotopic (exact) mass is 253 g/mol. The van der Waals surface area contributed by atoms with Crippen LogP contribution in [0.3, 0.4) is 0 Å². The molecule has 0 atom stereocenters. The molecule has 0 aliphatic rings. The minimum Gasteiger partial charge on any atom is -0.330 e. The summed E-state index contributed by atoms with van der Waals surface area (Å²) in [4.78, 5) is 0. The molecule has 0 bridgehead atoms. The van der Waals surface area contributed by atoms with Crippen molar-refractivity contribution < 1.29 is 0 Å². The molecule has 2 rings (SSSR count). The van der Waals surface area contributed by atoms with E-state index in [1.54, 1.807) is 0 Å². The van der Waals surface area contributed by atoms with Crippen LogP contribution in [0.5, 0.6) is 0 Å². The van der Waals surface area contributed by atoms with Gasteiger partial charge in [0.05, 0.1) is 5.52 Å². The van der Waals surface area contributed by atoms with Crippen LogP contribution in [0.1, 0.15) is 12.0 Å². The molecule has 1 heterocycles. The second-order valence-electron chi connectivity index (χ2n) is 3.28. The molecule has 0 spiro atoms. The van der Waals surface area contributed by atoms with Gasteiger partial charge in [-0.15, -0.1) is 0 Å². The number of H-pyrrole nitrogens is 1. The zero-order chi connectivity index (χ0) is 9.97. The van der Waals surface area contributed by atoms with E-state index in [1.807, 2.05) is 6.07 Å². The van der Waals surface area contributed by atoms with E-state index in [0.717, 1.165) is 34.9 Å². The van der Waals surface area contributed by atoms with Crippen molar-refractivity contribution in [3.8, 4) is 0 Å². The Kier molecular flexibility index (Phi) is 2.84. The second-order valence-corrected chi connectivity index (χ2v) is 4.07. The van der Waals surface area contributed by atoms with Crippen LogP contribution in [0.15, 0.2) is 22.8 Å². The van der Waals surface area contributed by atoms with Crippen molar-refractivity contribution in [3.63, 3.8) is 0 Å². The third kappa shape index (κ3) is 1.81. The predicted octanol–water partition coefficient (Wildman–Crippen LogP) is 2.22. The molecule has 0 saturated heterocycles. The predicted molar refractivity (Wildman–Crippen MR) is 61.2 cm³/mol. The number of benzene rings is 1. The number of aryl methyl sites for hydroxylation is 1. The molecular formula is C10H12BrN3. The topological polar surface area (TPSA) is 54.7 Å². The van der Waals surface area contributed by atoms with Gasteiger partial charge in [-0.3, -0.25) is 5.10 Å². The highest BCUT2D eigenvalue weighted by molar-refractivity contribution is 9.10. The lowest BCUT2D eigenvalue weighted by Crippen LogP contribution is -2.00. The van der Waals surface area contributed by atoms with Gasteiger partial charge in [-0.25, -0.2) is 0 Å². The lowest BCUT2D eigenvalue weighted by Gasteiger charge is -1.99. The molecule has 3 nitrogen and oxygen atoms in total. The summed E-state index contributed by atoms with van der Waals surface area (Å²) in [6, 6.07) is 6.28. The van der Waals surface area contributed by atoms with Crippen molar-refractivity contribution in [2.24, 2.45) is 5.73 Å². The van der Waals surface area contributed by atoms with Crippen LogP contribution in [0.25, 0.3) is 10.9 Å². The van der Waals surface area contributed by atoms with Crippen LogP contribution in [0, 0.1) is 0 Å². The summed E-state index contributed by atoms with van der Waals surface area (Å²) in [6.07, 6.45) is 2.06. The smallest absolute Gasteiger partial charge is 0.108 e. The number of halogens is 1. The number of nitrogens with one attached hydrogen (secondary N) is 1. The molecule has 0 saturated carbocycles. The SMILES string of the molecule is NCCCc1ccc2n[nH]c(Br)c2c1. The Morgan fingerprint density at radius 3 is 3.07 bits per heavy atom. The quantitative estimate of drug-likeness (QED) is 0.882. The molecule has 0 radical (unpaired) electrons. The van der Waals surface area contributed by atoms with Crippen molar-refractivity contribution in [2.45, 2.75) is 12.8 Å². The molecule has 0 amide bonds. The van der Waals surface area contributed by atoms with Gasteiger partial charge < -0.3 is 5.73 Å². The first-order valence-electron chi connectivity index (χ1n) is 4.64. The molecule has 74 valence electrons. The zero-order valence-electron chi connectivity index (χ0n) is 7.76. The summed E-state index contributed by atoms with van der Waals surface area (Å²) in [5, 5.41) is 8.18. The van der Waals surface area contributed by atoms with Crippen molar-refractivity contribution in [2.75, 3.05) is 6.54 Å². The van der Waals surface area contributed by atoms with Gasteiger partial charge in [0.2, 0.25) is 0 Å². The summed E-state index contributed by atoms with van der Waals surface area (Å²) in [7, 11) is 0. The van der Waals surface area contributed by atoms with Crippen LogP contribution in [-0.4, -0.2) is 16.7 Å². The van der Waals surface area contributed by atoms with Crippen LogP contribution in [-0.2, 0) is 6.42 Å². The van der Waals surface area contributed by atoms with E-state index in [4.69, 9.17) is 5.73 Å². The number of nitrogens with zero attached hydrogens (tertiary/aromatic N) is 1. The third-order valence-corrected chi connectivity index (χ3v) is 2.85. The van der Waals surface area contributed by atoms with Crippen LogP contribution in [0.2, 0.25) is 0 Å². The van der Waals surface area contributed by atoms with Gasteiger partial charge in [-0.2, -0.15) is 5.10 Å². The normalized spacial score (nSPS) is 11.0. The van der Waals surface area contributed by atoms with Crippen LogP contribution < -0.4 is 5.73 Å². The van der Waals surface area contributed by atoms with E-state index in [9.17, 15) is 0 Å². The average Bonchev–Trinajstić information content (AvgIpc) is 2.57. The standard InChI is InChI=1S/C10H12BrN3/c11-10-8-6-7(2-1-5-12)3-4-9(8)13-14-10/h3-4,6H,1-2,5,12H2,(H,13,14). The second kappa shape index (κ2) is 4.11. The van der Waals surface area contributed by atoms with E-state index in [1.165, 1.54) is 5.56 Å². The van der Waals surface area contributed by atoms with E-state index in [-0.39, 0.29) is 0 Å². The van der Waals surface area contributed by atoms with Gasteiger partial charge in [0.15, 0.2) is 0 Å². The summed E-state index contributed by atoms with van der Waals surface area (Å²) in [6.45, 7) is 0.741. The molecule has 1 aromatic carbocycles. The fraction of sp³-hybridized carbons (Fsp3) is 0.300. The number of aromatic amines is 1. The maximum Gasteiger partial charge on any atom is 0.108 e. The average molecular weight is 254 g/mol. The Morgan fingerprint density at radius 2 is 2.29 bits per heavy atom. The minimum absolute atomic E-state index is 0.741. The number of nitrogens with two attached hydrogens (primary N) is 1. The Hall–Kier alpha value is -0.870.